The van der Waals surface area contributed by atoms with E-state index in [0.29, 0.717) is 36.6 Å². The fraction of sp³-hybridized carbons (Fsp3) is 0.429. The number of hydrogen-bond donors (Lipinski definition) is 3. The number of rotatable bonds is 2. The summed E-state index contributed by atoms with van der Waals surface area (Å²) in [6.07, 6.45) is 1.33. The Morgan fingerprint density at radius 1 is 1.38 bits per heavy atom. The van der Waals surface area contributed by atoms with E-state index >= 15 is 0 Å². The largest absolute Gasteiger partial charge is 0.409 e. The van der Waals surface area contributed by atoms with E-state index in [1.54, 1.807) is 29.2 Å². The number of amides is 2. The second kappa shape index (κ2) is 6.22. The lowest BCUT2D eigenvalue weighted by Gasteiger charge is -2.38. The van der Waals surface area contributed by atoms with Crippen LogP contribution in [0, 0.1) is 5.41 Å². The maximum Gasteiger partial charge on any atom is 0.321 e. The van der Waals surface area contributed by atoms with Crippen LogP contribution in [0.15, 0.2) is 29.4 Å². The Labute approximate surface area is 128 Å². The monoisotopic (exact) mass is 310 g/mol. The number of likely N-dealkylation sites (tertiary alicyclic amines) is 1. The van der Waals surface area contributed by atoms with Crippen LogP contribution in [-0.2, 0) is 0 Å². The molecule has 0 aliphatic carbocycles. The van der Waals surface area contributed by atoms with Gasteiger partial charge in [0.25, 0.3) is 0 Å². The van der Waals surface area contributed by atoms with Gasteiger partial charge in [-0.2, -0.15) is 0 Å². The van der Waals surface area contributed by atoms with Gasteiger partial charge in [0.2, 0.25) is 0 Å². The van der Waals surface area contributed by atoms with Crippen molar-refractivity contribution in [1.29, 1.82) is 0 Å². The SMILES string of the molecule is CC1(/C(N)=N/O)CCN(C(=O)Nc2ccc(Cl)cc2)CC1. The fourth-order valence-electron chi connectivity index (χ4n) is 2.32. The van der Waals surface area contributed by atoms with Gasteiger partial charge in [-0.15, -0.1) is 0 Å². The van der Waals surface area contributed by atoms with Crippen molar-refractivity contribution in [3.8, 4) is 0 Å². The molecule has 0 aromatic heterocycles. The Morgan fingerprint density at radius 3 is 2.48 bits per heavy atom. The second-order valence-electron chi connectivity index (χ2n) is 5.47. The van der Waals surface area contributed by atoms with E-state index in [4.69, 9.17) is 22.5 Å². The summed E-state index contributed by atoms with van der Waals surface area (Å²) in [5.41, 5.74) is 6.06. The van der Waals surface area contributed by atoms with Gasteiger partial charge in [0.05, 0.1) is 0 Å². The van der Waals surface area contributed by atoms with Gasteiger partial charge in [-0.05, 0) is 37.1 Å². The number of anilines is 1. The Balaban J connectivity index is 1.93. The van der Waals surface area contributed by atoms with Gasteiger partial charge in [-0.3, -0.25) is 0 Å². The molecule has 114 valence electrons. The summed E-state index contributed by atoms with van der Waals surface area (Å²) in [7, 11) is 0. The lowest BCUT2D eigenvalue weighted by atomic mass is 9.79. The highest BCUT2D eigenvalue weighted by atomic mass is 35.5. The maximum absolute atomic E-state index is 12.2. The van der Waals surface area contributed by atoms with E-state index in [0.717, 1.165) is 0 Å². The molecule has 7 heteroatoms. The Morgan fingerprint density at radius 2 is 1.95 bits per heavy atom. The molecule has 0 spiro atoms. The number of urea groups is 1. The molecule has 0 unspecified atom stereocenters. The summed E-state index contributed by atoms with van der Waals surface area (Å²) < 4.78 is 0. The van der Waals surface area contributed by atoms with Crippen molar-refractivity contribution < 1.29 is 10.0 Å². The molecule has 0 radical (unpaired) electrons. The lowest BCUT2D eigenvalue weighted by Crippen LogP contribution is -2.48. The number of carbonyl (C=O) groups is 1. The number of piperidine rings is 1. The number of oxime groups is 1. The first kappa shape index (κ1) is 15.4. The van der Waals surface area contributed by atoms with Crippen molar-refractivity contribution >= 4 is 29.2 Å². The normalized spacial score (nSPS) is 18.4. The summed E-state index contributed by atoms with van der Waals surface area (Å²) in [5.74, 6) is 0.222. The summed E-state index contributed by atoms with van der Waals surface area (Å²) in [6, 6.07) is 6.81. The van der Waals surface area contributed by atoms with Gasteiger partial charge in [-0.1, -0.05) is 23.7 Å². The van der Waals surface area contributed by atoms with E-state index in [2.05, 4.69) is 10.5 Å². The average molecular weight is 311 g/mol. The van der Waals surface area contributed by atoms with Crippen molar-refractivity contribution in [2.45, 2.75) is 19.8 Å². The topological polar surface area (TPSA) is 91.0 Å². The van der Waals surface area contributed by atoms with Crippen LogP contribution in [0.4, 0.5) is 10.5 Å². The molecular weight excluding hydrogens is 292 g/mol. The van der Waals surface area contributed by atoms with Crippen molar-refractivity contribution in [3.05, 3.63) is 29.3 Å². The molecule has 1 saturated heterocycles. The highest BCUT2D eigenvalue weighted by Gasteiger charge is 2.35. The molecule has 1 aliphatic heterocycles. The Kier molecular flexibility index (Phi) is 4.57. The molecule has 1 aromatic carbocycles. The second-order valence-corrected chi connectivity index (χ2v) is 5.91. The molecule has 1 aliphatic rings. The molecule has 2 amide bonds. The van der Waals surface area contributed by atoms with Gasteiger partial charge in [0, 0.05) is 29.2 Å². The van der Waals surface area contributed by atoms with Gasteiger partial charge < -0.3 is 21.2 Å². The average Bonchev–Trinajstić information content (AvgIpc) is 2.49. The summed E-state index contributed by atoms with van der Waals surface area (Å²) in [5, 5.41) is 15.3. The molecule has 6 nitrogen and oxygen atoms in total. The summed E-state index contributed by atoms with van der Waals surface area (Å²) in [4.78, 5) is 13.9. The lowest BCUT2D eigenvalue weighted by molar-refractivity contribution is 0.168. The number of nitrogens with one attached hydrogen (secondary N) is 1. The molecule has 2 rings (SSSR count). The summed E-state index contributed by atoms with van der Waals surface area (Å²) >= 11 is 5.81. The van der Waals surface area contributed by atoms with Gasteiger partial charge >= 0.3 is 6.03 Å². The maximum atomic E-state index is 12.2. The number of carbonyl (C=O) groups excluding carboxylic acids is 1. The Bertz CT molecular complexity index is 536. The zero-order valence-electron chi connectivity index (χ0n) is 11.8. The van der Waals surface area contributed by atoms with Gasteiger partial charge in [0.1, 0.15) is 5.84 Å². The van der Waals surface area contributed by atoms with Crippen LogP contribution in [0.2, 0.25) is 5.02 Å². The number of amidine groups is 1. The van der Waals surface area contributed by atoms with Crippen molar-refractivity contribution in [3.63, 3.8) is 0 Å². The minimum atomic E-state index is -0.355. The van der Waals surface area contributed by atoms with Crippen LogP contribution in [0.1, 0.15) is 19.8 Å². The van der Waals surface area contributed by atoms with E-state index in [1.807, 2.05) is 6.92 Å². The van der Waals surface area contributed by atoms with Gasteiger partial charge in [-0.25, -0.2) is 4.79 Å². The van der Waals surface area contributed by atoms with Crippen LogP contribution in [0.25, 0.3) is 0 Å². The molecule has 1 aromatic rings. The first-order chi connectivity index (χ1) is 9.94. The molecule has 0 atom stereocenters. The zero-order valence-corrected chi connectivity index (χ0v) is 12.6. The highest BCUT2D eigenvalue weighted by molar-refractivity contribution is 6.30. The first-order valence-corrected chi connectivity index (χ1v) is 7.12. The quantitative estimate of drug-likeness (QED) is 0.339. The number of nitrogens with two attached hydrogens (primary N) is 1. The third kappa shape index (κ3) is 3.58. The number of nitrogens with zero attached hydrogens (tertiary/aromatic N) is 2. The summed E-state index contributed by atoms with van der Waals surface area (Å²) in [6.45, 7) is 3.06. The van der Waals surface area contributed by atoms with Crippen LogP contribution < -0.4 is 11.1 Å². The smallest absolute Gasteiger partial charge is 0.321 e. The predicted molar refractivity (Wildman–Crippen MR) is 82.8 cm³/mol. The van der Waals surface area contributed by atoms with E-state index in [1.165, 1.54) is 0 Å². The van der Waals surface area contributed by atoms with Crippen molar-refractivity contribution in [1.82, 2.24) is 4.90 Å². The van der Waals surface area contributed by atoms with Crippen molar-refractivity contribution in [2.24, 2.45) is 16.3 Å². The third-order valence-electron chi connectivity index (χ3n) is 3.98. The molecule has 0 bridgehead atoms. The zero-order chi connectivity index (χ0) is 15.5. The molecular formula is C14H19ClN4O2. The third-order valence-corrected chi connectivity index (χ3v) is 4.23. The number of benzene rings is 1. The van der Waals surface area contributed by atoms with Crippen LogP contribution in [0.5, 0.6) is 0 Å². The predicted octanol–water partition coefficient (Wildman–Crippen LogP) is 2.72. The van der Waals surface area contributed by atoms with Crippen LogP contribution in [0.3, 0.4) is 0 Å². The molecule has 1 fully saturated rings. The fourth-order valence-corrected chi connectivity index (χ4v) is 2.44. The highest BCUT2D eigenvalue weighted by Crippen LogP contribution is 2.31. The van der Waals surface area contributed by atoms with E-state index in [-0.39, 0.29) is 17.3 Å². The molecule has 1 heterocycles. The van der Waals surface area contributed by atoms with E-state index in [9.17, 15) is 4.79 Å². The van der Waals surface area contributed by atoms with Crippen molar-refractivity contribution in [2.75, 3.05) is 18.4 Å². The molecule has 0 saturated carbocycles. The van der Waals surface area contributed by atoms with Gasteiger partial charge in [0.15, 0.2) is 0 Å². The minimum Gasteiger partial charge on any atom is -0.409 e. The number of halogens is 1. The standard InChI is InChI=1S/C14H19ClN4O2/c1-14(12(16)18-21)6-8-19(9-7-14)13(20)17-11-4-2-10(15)3-5-11/h2-5,21H,6-9H2,1H3,(H2,16,18)(H,17,20). The van der Waals surface area contributed by atoms with Crippen LogP contribution in [-0.4, -0.2) is 35.1 Å². The first-order valence-electron chi connectivity index (χ1n) is 6.74. The Hall–Kier alpha value is -1.95. The molecule has 4 N–H and O–H groups in total. The number of hydrogen-bond acceptors (Lipinski definition) is 3. The van der Waals surface area contributed by atoms with Crippen LogP contribution >= 0.6 is 11.6 Å². The van der Waals surface area contributed by atoms with E-state index < -0.39 is 0 Å². The minimum absolute atomic E-state index is 0.154. The molecule has 21 heavy (non-hydrogen) atoms.